The molecule has 5 heteroatoms. The van der Waals surface area contributed by atoms with E-state index >= 15 is 0 Å². The number of benzene rings is 2. The summed E-state index contributed by atoms with van der Waals surface area (Å²) >= 11 is 3.43. The van der Waals surface area contributed by atoms with E-state index in [0.29, 0.717) is 5.69 Å². The number of hydrogen-bond acceptors (Lipinski definition) is 3. The van der Waals surface area contributed by atoms with Gasteiger partial charge >= 0.3 is 0 Å². The molecule has 2 aromatic carbocycles. The molecule has 0 saturated carbocycles. The Labute approximate surface area is 125 Å². The van der Waals surface area contributed by atoms with Crippen LogP contribution in [0.5, 0.6) is 11.5 Å². The molecule has 2 N–H and O–H groups in total. The molecule has 0 atom stereocenters. The van der Waals surface area contributed by atoms with Crippen molar-refractivity contribution in [3.8, 4) is 11.5 Å². The molecule has 3 nitrogen and oxygen atoms in total. The monoisotopic (exact) mass is 339 g/mol. The van der Waals surface area contributed by atoms with Crippen LogP contribution in [0.25, 0.3) is 0 Å². The van der Waals surface area contributed by atoms with Crippen LogP contribution in [-0.4, -0.2) is 7.11 Å². The zero-order valence-corrected chi connectivity index (χ0v) is 12.8. The summed E-state index contributed by atoms with van der Waals surface area (Å²) < 4.78 is 25.3. The molecule has 0 unspecified atom stereocenters. The minimum Gasteiger partial charge on any atom is -0.497 e. The topological polar surface area (TPSA) is 44.5 Å². The van der Waals surface area contributed by atoms with E-state index in [4.69, 9.17) is 15.2 Å². The second-order valence-corrected chi connectivity index (χ2v) is 5.24. The van der Waals surface area contributed by atoms with E-state index in [1.807, 2.05) is 25.1 Å². The average Bonchev–Trinajstić information content (AvgIpc) is 2.43. The Morgan fingerprint density at radius 2 is 2.00 bits per heavy atom. The Morgan fingerprint density at radius 1 is 1.25 bits per heavy atom. The van der Waals surface area contributed by atoms with Gasteiger partial charge in [-0.05, 0) is 36.8 Å². The standard InChI is InChI=1S/C15H15BrFNO2/c1-9-5-15(13(17)7-14(9)18)20-8-10-6-11(19-2)3-4-12(10)16/h3-7H,8,18H2,1-2H3. The molecule has 0 fully saturated rings. The predicted molar refractivity (Wildman–Crippen MR) is 80.6 cm³/mol. The van der Waals surface area contributed by atoms with Gasteiger partial charge in [-0.25, -0.2) is 4.39 Å². The van der Waals surface area contributed by atoms with Crippen LogP contribution in [0.1, 0.15) is 11.1 Å². The maximum atomic E-state index is 13.7. The highest BCUT2D eigenvalue weighted by atomic mass is 79.9. The third-order valence-corrected chi connectivity index (χ3v) is 3.73. The molecule has 2 rings (SSSR count). The highest BCUT2D eigenvalue weighted by Gasteiger charge is 2.09. The lowest BCUT2D eigenvalue weighted by Crippen LogP contribution is -2.01. The zero-order chi connectivity index (χ0) is 14.7. The molecule has 0 spiro atoms. The van der Waals surface area contributed by atoms with Gasteiger partial charge in [0.1, 0.15) is 12.4 Å². The van der Waals surface area contributed by atoms with Gasteiger partial charge in [0, 0.05) is 21.8 Å². The van der Waals surface area contributed by atoms with Crippen molar-refractivity contribution < 1.29 is 13.9 Å². The highest BCUT2D eigenvalue weighted by Crippen LogP contribution is 2.27. The van der Waals surface area contributed by atoms with Gasteiger partial charge in [0.25, 0.3) is 0 Å². The number of anilines is 1. The molecule has 0 amide bonds. The zero-order valence-electron chi connectivity index (χ0n) is 11.2. The molecule has 2 aromatic rings. The third-order valence-electron chi connectivity index (χ3n) is 2.96. The number of methoxy groups -OCH3 is 1. The molecular weight excluding hydrogens is 325 g/mol. The fourth-order valence-electron chi connectivity index (χ4n) is 1.73. The first-order valence-corrected chi connectivity index (χ1v) is 6.81. The lowest BCUT2D eigenvalue weighted by Gasteiger charge is -2.11. The van der Waals surface area contributed by atoms with Gasteiger partial charge in [-0.1, -0.05) is 15.9 Å². The van der Waals surface area contributed by atoms with Crippen molar-refractivity contribution in [2.45, 2.75) is 13.5 Å². The quantitative estimate of drug-likeness (QED) is 0.854. The molecule has 0 aliphatic rings. The third kappa shape index (κ3) is 3.22. The molecule has 0 radical (unpaired) electrons. The van der Waals surface area contributed by atoms with Crippen LogP contribution in [0, 0.1) is 12.7 Å². The summed E-state index contributed by atoms with van der Waals surface area (Å²) in [4.78, 5) is 0. The molecule has 0 aromatic heterocycles. The van der Waals surface area contributed by atoms with E-state index in [-0.39, 0.29) is 12.4 Å². The van der Waals surface area contributed by atoms with Crippen molar-refractivity contribution in [2.75, 3.05) is 12.8 Å². The number of halogens is 2. The predicted octanol–water partition coefficient (Wildman–Crippen LogP) is 4.07. The number of hydrogen-bond donors (Lipinski definition) is 1. The summed E-state index contributed by atoms with van der Waals surface area (Å²) in [6, 6.07) is 8.40. The van der Waals surface area contributed by atoms with Crippen molar-refractivity contribution in [2.24, 2.45) is 0 Å². The number of nitrogen functional groups attached to an aromatic ring is 1. The summed E-state index contributed by atoms with van der Waals surface area (Å²) in [6.45, 7) is 2.04. The summed E-state index contributed by atoms with van der Waals surface area (Å²) in [5.41, 5.74) is 7.71. The van der Waals surface area contributed by atoms with Crippen LogP contribution in [0.3, 0.4) is 0 Å². The van der Waals surface area contributed by atoms with Crippen molar-refractivity contribution in [3.05, 3.63) is 51.7 Å². The number of ether oxygens (including phenoxy) is 2. The Hall–Kier alpha value is -1.75. The first kappa shape index (κ1) is 14.7. The van der Waals surface area contributed by atoms with E-state index in [2.05, 4.69) is 15.9 Å². The molecular formula is C15H15BrFNO2. The van der Waals surface area contributed by atoms with E-state index < -0.39 is 5.82 Å². The molecule has 20 heavy (non-hydrogen) atoms. The first-order valence-electron chi connectivity index (χ1n) is 6.02. The van der Waals surface area contributed by atoms with E-state index in [1.54, 1.807) is 13.2 Å². The Bertz CT molecular complexity index is 632. The van der Waals surface area contributed by atoms with Crippen LogP contribution in [0.15, 0.2) is 34.8 Å². The van der Waals surface area contributed by atoms with Crippen LogP contribution in [0.4, 0.5) is 10.1 Å². The molecule has 106 valence electrons. The fraction of sp³-hybridized carbons (Fsp3) is 0.200. The van der Waals surface area contributed by atoms with Gasteiger partial charge in [0.2, 0.25) is 0 Å². The van der Waals surface area contributed by atoms with Gasteiger partial charge in [-0.3, -0.25) is 0 Å². The SMILES string of the molecule is COc1ccc(Br)c(COc2cc(C)c(N)cc2F)c1. The van der Waals surface area contributed by atoms with Gasteiger partial charge in [-0.15, -0.1) is 0 Å². The Balaban J connectivity index is 2.18. The van der Waals surface area contributed by atoms with Crippen LogP contribution >= 0.6 is 15.9 Å². The maximum Gasteiger partial charge on any atom is 0.167 e. The van der Waals surface area contributed by atoms with Crippen LogP contribution < -0.4 is 15.2 Å². The number of nitrogens with two attached hydrogens (primary N) is 1. The summed E-state index contributed by atoms with van der Waals surface area (Å²) in [5, 5.41) is 0. The fourth-order valence-corrected chi connectivity index (χ4v) is 2.09. The Kier molecular flexibility index (Phi) is 4.49. The Morgan fingerprint density at radius 3 is 2.70 bits per heavy atom. The molecule has 0 bridgehead atoms. The molecule has 0 aliphatic carbocycles. The van der Waals surface area contributed by atoms with Crippen molar-refractivity contribution >= 4 is 21.6 Å². The van der Waals surface area contributed by atoms with Gasteiger partial charge in [-0.2, -0.15) is 0 Å². The average molecular weight is 340 g/mol. The maximum absolute atomic E-state index is 13.7. The van der Waals surface area contributed by atoms with E-state index in [0.717, 1.165) is 21.3 Å². The van der Waals surface area contributed by atoms with Crippen LogP contribution in [0.2, 0.25) is 0 Å². The van der Waals surface area contributed by atoms with Crippen molar-refractivity contribution in [3.63, 3.8) is 0 Å². The largest absolute Gasteiger partial charge is 0.497 e. The smallest absolute Gasteiger partial charge is 0.167 e. The lowest BCUT2D eigenvalue weighted by atomic mass is 10.2. The van der Waals surface area contributed by atoms with Gasteiger partial charge in [0.05, 0.1) is 7.11 Å². The van der Waals surface area contributed by atoms with Gasteiger partial charge < -0.3 is 15.2 Å². The number of rotatable bonds is 4. The molecule has 0 aliphatic heterocycles. The minimum atomic E-state index is -0.466. The summed E-state index contributed by atoms with van der Waals surface area (Å²) in [5.74, 6) is 0.444. The molecule has 0 saturated heterocycles. The van der Waals surface area contributed by atoms with Crippen LogP contribution in [-0.2, 0) is 6.61 Å². The second-order valence-electron chi connectivity index (χ2n) is 4.39. The lowest BCUT2D eigenvalue weighted by molar-refractivity contribution is 0.288. The highest BCUT2D eigenvalue weighted by molar-refractivity contribution is 9.10. The van der Waals surface area contributed by atoms with E-state index in [1.165, 1.54) is 6.07 Å². The van der Waals surface area contributed by atoms with Crippen molar-refractivity contribution in [1.82, 2.24) is 0 Å². The number of aryl methyl sites for hydroxylation is 1. The molecule has 0 heterocycles. The first-order chi connectivity index (χ1) is 9.51. The second kappa shape index (κ2) is 6.13. The summed E-state index contributed by atoms with van der Waals surface area (Å²) in [6.07, 6.45) is 0. The normalized spacial score (nSPS) is 10.4. The minimum absolute atomic E-state index is 0.186. The van der Waals surface area contributed by atoms with Gasteiger partial charge in [0.15, 0.2) is 11.6 Å². The van der Waals surface area contributed by atoms with Crippen molar-refractivity contribution in [1.29, 1.82) is 0 Å². The van der Waals surface area contributed by atoms with E-state index in [9.17, 15) is 4.39 Å². The summed E-state index contributed by atoms with van der Waals surface area (Å²) in [7, 11) is 1.59.